The number of rotatable bonds is 6. The number of carbonyl (C=O) groups is 1. The van der Waals surface area contributed by atoms with Crippen LogP contribution in [-0.4, -0.2) is 30.3 Å². The highest BCUT2D eigenvalue weighted by atomic mass is 32.2. The molecule has 0 saturated heterocycles. The summed E-state index contributed by atoms with van der Waals surface area (Å²) in [6, 6.07) is 15.1. The van der Waals surface area contributed by atoms with E-state index >= 15 is 0 Å². The van der Waals surface area contributed by atoms with Crippen molar-refractivity contribution in [1.29, 1.82) is 5.26 Å². The van der Waals surface area contributed by atoms with E-state index in [4.69, 9.17) is 5.11 Å². The number of hydrogen-bond donors (Lipinski definition) is 1. The van der Waals surface area contributed by atoms with Crippen LogP contribution in [0.5, 0.6) is 0 Å². The first kappa shape index (κ1) is 17.7. The Labute approximate surface area is 140 Å². The standard InChI is InChI=1S/C17H16N2O4S/c1-13-6-5-9-16(15(13)10-18)24(22,23)19(12-17(20)21)11-14-7-3-2-4-8-14/h2-9H,11-12H2,1H3,(H,20,21). The molecule has 1 N–H and O–H groups in total. The molecule has 7 heteroatoms. The lowest BCUT2D eigenvalue weighted by molar-refractivity contribution is -0.137. The fourth-order valence-corrected chi connectivity index (χ4v) is 3.89. The van der Waals surface area contributed by atoms with Crippen LogP contribution in [0.25, 0.3) is 0 Å². The molecule has 0 unspecified atom stereocenters. The van der Waals surface area contributed by atoms with Crippen LogP contribution in [0.2, 0.25) is 0 Å². The van der Waals surface area contributed by atoms with Crippen LogP contribution in [0.4, 0.5) is 0 Å². The zero-order valence-corrected chi connectivity index (χ0v) is 13.8. The second-order valence-corrected chi connectivity index (χ2v) is 7.12. The summed E-state index contributed by atoms with van der Waals surface area (Å²) in [7, 11) is -4.13. The van der Waals surface area contributed by atoms with Crippen molar-refractivity contribution in [3.05, 3.63) is 65.2 Å². The molecule has 0 radical (unpaired) electrons. The predicted molar refractivity (Wildman–Crippen MR) is 87.6 cm³/mol. The van der Waals surface area contributed by atoms with Gasteiger partial charge < -0.3 is 5.11 Å². The molecule has 2 aromatic carbocycles. The summed E-state index contributed by atoms with van der Waals surface area (Å²) in [6.45, 7) is 0.862. The van der Waals surface area contributed by atoms with Crippen molar-refractivity contribution in [2.75, 3.05) is 6.54 Å². The highest BCUT2D eigenvalue weighted by Gasteiger charge is 2.29. The molecule has 0 aliphatic heterocycles. The highest BCUT2D eigenvalue weighted by Crippen LogP contribution is 2.23. The summed E-state index contributed by atoms with van der Waals surface area (Å²) in [4.78, 5) is 10.9. The maximum Gasteiger partial charge on any atom is 0.318 e. The third-order valence-electron chi connectivity index (χ3n) is 3.48. The monoisotopic (exact) mass is 344 g/mol. The molecule has 0 bridgehead atoms. The summed E-state index contributed by atoms with van der Waals surface area (Å²) in [5.41, 5.74) is 1.21. The van der Waals surface area contributed by atoms with E-state index in [9.17, 15) is 18.5 Å². The number of benzene rings is 2. The number of carboxylic acids is 1. The molecule has 0 saturated carbocycles. The molecule has 0 aromatic heterocycles. The number of nitrogens with zero attached hydrogens (tertiary/aromatic N) is 2. The van der Waals surface area contributed by atoms with E-state index in [2.05, 4.69) is 0 Å². The van der Waals surface area contributed by atoms with Crippen molar-refractivity contribution in [2.45, 2.75) is 18.4 Å². The quantitative estimate of drug-likeness (QED) is 0.865. The Hall–Kier alpha value is -2.69. The summed E-state index contributed by atoms with van der Waals surface area (Å²) < 4.78 is 26.7. The number of carboxylic acid groups (broad SMARTS) is 1. The van der Waals surface area contributed by atoms with E-state index in [1.165, 1.54) is 12.1 Å². The van der Waals surface area contributed by atoms with Crippen molar-refractivity contribution >= 4 is 16.0 Å². The summed E-state index contributed by atoms with van der Waals surface area (Å²) in [6.07, 6.45) is 0. The summed E-state index contributed by atoms with van der Waals surface area (Å²) >= 11 is 0. The Morgan fingerprint density at radius 2 is 1.83 bits per heavy atom. The van der Waals surface area contributed by atoms with Crippen LogP contribution >= 0.6 is 0 Å². The molecule has 6 nitrogen and oxygen atoms in total. The van der Waals surface area contributed by atoms with Crippen molar-refractivity contribution in [3.63, 3.8) is 0 Å². The lowest BCUT2D eigenvalue weighted by Crippen LogP contribution is -2.35. The van der Waals surface area contributed by atoms with Gasteiger partial charge in [-0.2, -0.15) is 9.57 Å². The van der Waals surface area contributed by atoms with Crippen molar-refractivity contribution < 1.29 is 18.3 Å². The number of aliphatic carboxylic acids is 1. The minimum atomic E-state index is -4.13. The maximum absolute atomic E-state index is 12.9. The number of hydrogen-bond acceptors (Lipinski definition) is 4. The van der Waals surface area contributed by atoms with Gasteiger partial charge in [-0.1, -0.05) is 42.5 Å². The molecule has 0 aliphatic carbocycles. The second-order valence-electron chi connectivity index (χ2n) is 5.21. The normalized spacial score (nSPS) is 11.2. The van der Waals surface area contributed by atoms with E-state index in [-0.39, 0.29) is 17.0 Å². The third kappa shape index (κ3) is 3.79. The van der Waals surface area contributed by atoms with E-state index in [1.54, 1.807) is 43.3 Å². The largest absolute Gasteiger partial charge is 0.480 e. The van der Waals surface area contributed by atoms with Crippen LogP contribution in [0, 0.1) is 18.3 Å². The summed E-state index contributed by atoms with van der Waals surface area (Å²) in [5.74, 6) is -1.26. The van der Waals surface area contributed by atoms with Gasteiger partial charge in [0.2, 0.25) is 10.0 Å². The van der Waals surface area contributed by atoms with E-state index in [0.29, 0.717) is 11.1 Å². The van der Waals surface area contributed by atoms with Gasteiger partial charge in [-0.15, -0.1) is 0 Å². The number of aryl methyl sites for hydroxylation is 1. The molecule has 0 spiro atoms. The lowest BCUT2D eigenvalue weighted by Gasteiger charge is -2.21. The molecule has 0 amide bonds. The van der Waals surface area contributed by atoms with Gasteiger partial charge in [0.15, 0.2) is 0 Å². The van der Waals surface area contributed by atoms with Gasteiger partial charge in [-0.3, -0.25) is 4.79 Å². The first-order valence-corrected chi connectivity index (χ1v) is 8.56. The van der Waals surface area contributed by atoms with E-state index < -0.39 is 22.5 Å². The predicted octanol–water partition coefficient (Wildman–Crippen LogP) is 2.14. The van der Waals surface area contributed by atoms with Crippen molar-refractivity contribution in [2.24, 2.45) is 0 Å². The average Bonchev–Trinajstić information content (AvgIpc) is 2.54. The van der Waals surface area contributed by atoms with Crippen LogP contribution in [0.3, 0.4) is 0 Å². The summed E-state index contributed by atoms with van der Waals surface area (Å²) in [5, 5.41) is 18.3. The second kappa shape index (κ2) is 7.25. The van der Waals surface area contributed by atoms with Gasteiger partial charge in [0.25, 0.3) is 0 Å². The molecule has 0 atom stereocenters. The van der Waals surface area contributed by atoms with Crippen LogP contribution in [-0.2, 0) is 21.4 Å². The minimum absolute atomic E-state index is 0.0287. The van der Waals surface area contributed by atoms with Gasteiger partial charge in [-0.25, -0.2) is 8.42 Å². The molecule has 0 heterocycles. The SMILES string of the molecule is Cc1cccc(S(=O)(=O)N(CC(=O)O)Cc2ccccc2)c1C#N. The van der Waals surface area contributed by atoms with E-state index in [0.717, 1.165) is 4.31 Å². The number of nitriles is 1. The lowest BCUT2D eigenvalue weighted by atomic mass is 10.1. The van der Waals surface area contributed by atoms with Gasteiger partial charge in [0.05, 0.1) is 5.56 Å². The zero-order chi connectivity index (χ0) is 17.7. The minimum Gasteiger partial charge on any atom is -0.480 e. The van der Waals surface area contributed by atoms with Crippen LogP contribution in [0.1, 0.15) is 16.7 Å². The van der Waals surface area contributed by atoms with E-state index in [1.807, 2.05) is 6.07 Å². The molecule has 2 aromatic rings. The van der Waals surface area contributed by atoms with Gasteiger partial charge in [-0.05, 0) is 24.1 Å². The first-order chi connectivity index (χ1) is 11.4. The van der Waals surface area contributed by atoms with Gasteiger partial charge in [0.1, 0.15) is 17.5 Å². The Morgan fingerprint density at radius 3 is 2.42 bits per heavy atom. The molecule has 2 rings (SSSR count). The average molecular weight is 344 g/mol. The topological polar surface area (TPSA) is 98.5 Å². The Bertz CT molecular complexity index is 887. The van der Waals surface area contributed by atoms with Crippen LogP contribution in [0.15, 0.2) is 53.4 Å². The fourth-order valence-electron chi connectivity index (χ4n) is 2.30. The Kier molecular flexibility index (Phi) is 5.34. The van der Waals surface area contributed by atoms with Gasteiger partial charge in [0, 0.05) is 6.54 Å². The van der Waals surface area contributed by atoms with Crippen molar-refractivity contribution in [3.8, 4) is 6.07 Å². The molecule has 24 heavy (non-hydrogen) atoms. The molecule has 124 valence electrons. The van der Waals surface area contributed by atoms with Crippen LogP contribution < -0.4 is 0 Å². The van der Waals surface area contributed by atoms with Crippen molar-refractivity contribution in [1.82, 2.24) is 4.31 Å². The molecule has 0 aliphatic rings. The fraction of sp³-hybridized carbons (Fsp3) is 0.176. The third-order valence-corrected chi connectivity index (χ3v) is 5.31. The first-order valence-electron chi connectivity index (χ1n) is 7.12. The Balaban J connectivity index is 2.50. The molecular formula is C17H16N2O4S. The number of sulfonamides is 1. The smallest absolute Gasteiger partial charge is 0.318 e. The van der Waals surface area contributed by atoms with Gasteiger partial charge >= 0.3 is 5.97 Å². The molecule has 0 fully saturated rings. The Morgan fingerprint density at radius 1 is 1.17 bits per heavy atom. The highest BCUT2D eigenvalue weighted by molar-refractivity contribution is 7.89. The molecular weight excluding hydrogens is 328 g/mol. The maximum atomic E-state index is 12.9. The zero-order valence-electron chi connectivity index (χ0n) is 13.0.